The minimum absolute atomic E-state index is 0.126. The third-order valence-corrected chi connectivity index (χ3v) is 8.42. The number of carbonyl (C=O) groups is 2. The summed E-state index contributed by atoms with van der Waals surface area (Å²) in [5.74, 6) is -1.72. The van der Waals surface area contributed by atoms with E-state index >= 15 is 4.39 Å². The monoisotopic (exact) mass is 632 g/mol. The molecule has 0 radical (unpaired) electrons. The number of pyridine rings is 1. The summed E-state index contributed by atoms with van der Waals surface area (Å²) >= 11 is 12.4. The molecule has 3 heterocycles. The van der Waals surface area contributed by atoms with Gasteiger partial charge in [0.05, 0.1) is 5.56 Å². The van der Waals surface area contributed by atoms with Crippen molar-refractivity contribution in [3.05, 3.63) is 111 Å². The van der Waals surface area contributed by atoms with Gasteiger partial charge in [-0.25, -0.2) is 4.39 Å². The van der Waals surface area contributed by atoms with Gasteiger partial charge in [0.15, 0.2) is 0 Å². The molecule has 2 amide bonds. The molecule has 1 fully saturated rings. The zero-order valence-corrected chi connectivity index (χ0v) is 25.3. The second-order valence-electron chi connectivity index (χ2n) is 10.9. The number of fused-ring (bicyclic) bond motifs is 1. The van der Waals surface area contributed by atoms with Crippen LogP contribution in [0.3, 0.4) is 0 Å². The topological polar surface area (TPSA) is 93.4 Å². The van der Waals surface area contributed by atoms with E-state index in [1.54, 1.807) is 36.7 Å². The zero-order valence-electron chi connectivity index (χ0n) is 23.8. The minimum Gasteiger partial charge on any atom is -0.368 e. The second-order valence-corrected chi connectivity index (χ2v) is 11.7. The van der Waals surface area contributed by atoms with Crippen LogP contribution < -0.4 is 20.4 Å². The van der Waals surface area contributed by atoms with E-state index in [0.717, 1.165) is 35.3 Å². The van der Waals surface area contributed by atoms with Crippen molar-refractivity contribution in [1.29, 1.82) is 0 Å². The number of hydrogen-bond acceptors (Lipinski definition) is 5. The normalized spacial score (nSPS) is 15.1. The first-order chi connectivity index (χ1) is 21.3. The minimum atomic E-state index is -0.946. The van der Waals surface area contributed by atoms with Crippen LogP contribution in [-0.4, -0.2) is 54.0 Å². The number of hydrogen-bond donors (Lipinski definition) is 3. The van der Waals surface area contributed by atoms with Crippen molar-refractivity contribution >= 4 is 58.2 Å². The number of amides is 2. The number of H-pyrrole nitrogens is 1. The highest BCUT2D eigenvalue weighted by Gasteiger charge is 2.27. The lowest BCUT2D eigenvalue weighted by atomic mass is 9.97. The first kappa shape index (κ1) is 29.7. The molecule has 1 saturated heterocycles. The Morgan fingerprint density at radius 1 is 0.955 bits per heavy atom. The van der Waals surface area contributed by atoms with E-state index in [1.807, 2.05) is 24.4 Å². The van der Waals surface area contributed by atoms with E-state index in [2.05, 4.69) is 36.5 Å². The summed E-state index contributed by atoms with van der Waals surface area (Å²) in [6.45, 7) is 2.71. The smallest absolute Gasteiger partial charge is 0.254 e. The number of aromatic nitrogens is 2. The molecule has 0 saturated carbocycles. The van der Waals surface area contributed by atoms with Crippen molar-refractivity contribution in [2.24, 2.45) is 0 Å². The molecule has 2 aliphatic rings. The Labute approximate surface area is 264 Å². The van der Waals surface area contributed by atoms with Gasteiger partial charge in [-0.15, -0.1) is 0 Å². The van der Waals surface area contributed by atoms with Crippen LogP contribution in [0.5, 0.6) is 0 Å². The fourth-order valence-corrected chi connectivity index (χ4v) is 6.21. The Kier molecular flexibility index (Phi) is 8.86. The van der Waals surface area contributed by atoms with E-state index in [9.17, 15) is 9.59 Å². The van der Waals surface area contributed by atoms with Gasteiger partial charge in [-0.2, -0.15) is 0 Å². The van der Waals surface area contributed by atoms with Crippen LogP contribution in [0.2, 0.25) is 10.0 Å². The van der Waals surface area contributed by atoms with Gasteiger partial charge in [0.2, 0.25) is 5.91 Å². The van der Waals surface area contributed by atoms with Gasteiger partial charge in [0.25, 0.3) is 5.91 Å². The summed E-state index contributed by atoms with van der Waals surface area (Å²) in [4.78, 5) is 38.3. The summed E-state index contributed by atoms with van der Waals surface area (Å²) in [7, 11) is 0. The van der Waals surface area contributed by atoms with Crippen molar-refractivity contribution in [3.8, 4) is 0 Å². The molecule has 4 aromatic rings. The molecule has 3 N–H and O–H groups in total. The Bertz CT molecular complexity index is 1680. The van der Waals surface area contributed by atoms with E-state index in [-0.39, 0.29) is 12.0 Å². The Hall–Kier alpha value is -4.34. The molecule has 0 spiro atoms. The molecule has 11 heteroatoms. The molecule has 8 nitrogen and oxygen atoms in total. The van der Waals surface area contributed by atoms with Crippen molar-refractivity contribution in [2.45, 2.75) is 25.3 Å². The standard InChI is InChI=1S/C33H31Cl2FN6O2/c34-22-16-23(35)18-26(17-22)42-13-11-41(12-14-42)25-5-6-28(29(36)19-25)32(43)40-31(33(44)39-24-7-9-37-10-8-24)15-21-20-38-30-4-2-1-3-27(21)30/h1,3,5-10,16-20,31,38H,2,4,11-15H2,(H,40,43)(H,37,39,44). The average molecular weight is 634 g/mol. The quantitative estimate of drug-likeness (QED) is 0.218. The van der Waals surface area contributed by atoms with Crippen molar-refractivity contribution in [3.63, 3.8) is 0 Å². The van der Waals surface area contributed by atoms with E-state index in [1.165, 1.54) is 12.1 Å². The van der Waals surface area contributed by atoms with Crippen molar-refractivity contribution in [1.82, 2.24) is 15.3 Å². The number of rotatable bonds is 8. The summed E-state index contributed by atoms with van der Waals surface area (Å²) < 4.78 is 15.4. The van der Waals surface area contributed by atoms with Gasteiger partial charge in [0, 0.05) is 84.0 Å². The highest BCUT2D eigenvalue weighted by molar-refractivity contribution is 6.35. The van der Waals surface area contributed by atoms with Crippen LogP contribution in [-0.2, 0) is 17.6 Å². The summed E-state index contributed by atoms with van der Waals surface area (Å²) in [6, 6.07) is 12.4. The van der Waals surface area contributed by atoms with E-state index < -0.39 is 23.7 Å². The Morgan fingerprint density at radius 3 is 2.36 bits per heavy atom. The third kappa shape index (κ3) is 6.74. The van der Waals surface area contributed by atoms with Gasteiger partial charge in [-0.1, -0.05) is 35.4 Å². The summed E-state index contributed by atoms with van der Waals surface area (Å²) in [5.41, 5.74) is 5.08. The Morgan fingerprint density at radius 2 is 1.66 bits per heavy atom. The van der Waals surface area contributed by atoms with Gasteiger partial charge >= 0.3 is 0 Å². The van der Waals surface area contributed by atoms with Crippen molar-refractivity contribution in [2.75, 3.05) is 41.3 Å². The number of nitrogens with zero attached hydrogens (tertiary/aromatic N) is 3. The molecule has 44 heavy (non-hydrogen) atoms. The maximum Gasteiger partial charge on any atom is 0.254 e. The molecule has 1 unspecified atom stereocenters. The predicted octanol–water partition coefficient (Wildman–Crippen LogP) is 6.12. The van der Waals surface area contributed by atoms with Crippen LogP contribution in [0.25, 0.3) is 6.08 Å². The number of halogens is 3. The SMILES string of the molecule is O=C(NC(Cc1c[nH]c2c1C=CCC2)C(=O)Nc1ccncc1)c1ccc(N2CCN(c3cc(Cl)cc(Cl)c3)CC2)cc1F. The number of piperazine rings is 1. The lowest BCUT2D eigenvalue weighted by Gasteiger charge is -2.37. The number of carbonyl (C=O) groups excluding carboxylic acids is 2. The van der Waals surface area contributed by atoms with Gasteiger partial charge in [-0.05, 0) is 72.5 Å². The molecule has 1 aliphatic carbocycles. The molecule has 2 aromatic heterocycles. The number of benzene rings is 2. The molecule has 0 bridgehead atoms. The fourth-order valence-electron chi connectivity index (χ4n) is 5.70. The maximum atomic E-state index is 15.4. The fraction of sp³-hybridized carbons (Fsp3) is 0.242. The predicted molar refractivity (Wildman–Crippen MR) is 173 cm³/mol. The van der Waals surface area contributed by atoms with Crippen LogP contribution in [0.15, 0.2) is 73.2 Å². The number of aryl methyl sites for hydroxylation is 1. The second kappa shape index (κ2) is 13.1. The van der Waals surface area contributed by atoms with Gasteiger partial charge < -0.3 is 25.4 Å². The first-order valence-electron chi connectivity index (χ1n) is 14.5. The van der Waals surface area contributed by atoms with Crippen LogP contribution >= 0.6 is 23.2 Å². The lowest BCUT2D eigenvalue weighted by molar-refractivity contribution is -0.118. The van der Waals surface area contributed by atoms with Crippen LogP contribution in [0.1, 0.15) is 33.6 Å². The number of nitrogens with one attached hydrogen (secondary N) is 3. The first-order valence-corrected chi connectivity index (χ1v) is 15.2. The number of allylic oxidation sites excluding steroid dienone is 1. The number of anilines is 3. The highest BCUT2D eigenvalue weighted by atomic mass is 35.5. The molecular formula is C33H31Cl2FN6O2. The molecule has 1 atom stereocenters. The average Bonchev–Trinajstić information content (AvgIpc) is 3.43. The lowest BCUT2D eigenvalue weighted by Crippen LogP contribution is -2.46. The van der Waals surface area contributed by atoms with E-state index in [0.29, 0.717) is 47.6 Å². The van der Waals surface area contributed by atoms with Crippen LogP contribution in [0.4, 0.5) is 21.5 Å². The third-order valence-electron chi connectivity index (χ3n) is 7.99. The maximum absolute atomic E-state index is 15.4. The van der Waals surface area contributed by atoms with Gasteiger partial charge in [-0.3, -0.25) is 14.6 Å². The molecule has 2 aromatic carbocycles. The number of aromatic amines is 1. The van der Waals surface area contributed by atoms with E-state index in [4.69, 9.17) is 23.2 Å². The summed E-state index contributed by atoms with van der Waals surface area (Å²) in [6.07, 6.45) is 11.2. The molecular weight excluding hydrogens is 602 g/mol. The molecule has 226 valence electrons. The van der Waals surface area contributed by atoms with Gasteiger partial charge in [0.1, 0.15) is 11.9 Å². The molecule has 1 aliphatic heterocycles. The Balaban J connectivity index is 1.15. The van der Waals surface area contributed by atoms with Crippen molar-refractivity contribution < 1.29 is 14.0 Å². The summed E-state index contributed by atoms with van der Waals surface area (Å²) in [5, 5.41) is 6.78. The highest BCUT2D eigenvalue weighted by Crippen LogP contribution is 2.28. The molecule has 6 rings (SSSR count). The van der Waals surface area contributed by atoms with Crippen LogP contribution in [0, 0.1) is 5.82 Å². The largest absolute Gasteiger partial charge is 0.368 e. The zero-order chi connectivity index (χ0) is 30.6.